The number of rotatable bonds is 5. The van der Waals surface area contributed by atoms with Gasteiger partial charge in [0.25, 0.3) is 0 Å². The smallest absolute Gasteiger partial charge is 0.311 e. The molecule has 1 fully saturated rings. The molecule has 76 valence electrons. The van der Waals surface area contributed by atoms with Crippen molar-refractivity contribution in [3.05, 3.63) is 0 Å². The van der Waals surface area contributed by atoms with Crippen molar-refractivity contribution in [1.29, 1.82) is 0 Å². The van der Waals surface area contributed by atoms with E-state index in [1.807, 2.05) is 6.92 Å². The first-order chi connectivity index (χ1) is 6.22. The van der Waals surface area contributed by atoms with Gasteiger partial charge in [0.15, 0.2) is 0 Å². The molecule has 1 aliphatic rings. The first-order valence-corrected chi connectivity index (χ1v) is 4.91. The Morgan fingerprint density at radius 2 is 2.15 bits per heavy atom. The minimum Gasteiger partial charge on any atom is -0.469 e. The van der Waals surface area contributed by atoms with Crippen molar-refractivity contribution in [3.8, 4) is 0 Å². The number of esters is 1. The van der Waals surface area contributed by atoms with E-state index in [1.54, 1.807) is 0 Å². The Labute approximate surface area is 79.4 Å². The van der Waals surface area contributed by atoms with Crippen LogP contribution in [0.15, 0.2) is 0 Å². The second-order valence-electron chi connectivity index (χ2n) is 3.60. The zero-order valence-corrected chi connectivity index (χ0v) is 8.58. The second-order valence-corrected chi connectivity index (χ2v) is 3.60. The number of hydrogen-bond donors (Lipinski definition) is 0. The van der Waals surface area contributed by atoms with Gasteiger partial charge in [0, 0.05) is 6.61 Å². The third-order valence-corrected chi connectivity index (χ3v) is 2.58. The lowest BCUT2D eigenvalue weighted by molar-refractivity contribution is -0.143. The molecule has 0 aromatic rings. The highest BCUT2D eigenvalue weighted by atomic mass is 16.5. The van der Waals surface area contributed by atoms with Crippen molar-refractivity contribution in [3.63, 3.8) is 0 Å². The predicted molar refractivity (Wildman–Crippen MR) is 49.3 cm³/mol. The van der Waals surface area contributed by atoms with Crippen LogP contribution in [0.4, 0.5) is 0 Å². The van der Waals surface area contributed by atoms with Gasteiger partial charge in [-0.3, -0.25) is 4.79 Å². The molecule has 0 bridgehead atoms. The lowest BCUT2D eigenvalue weighted by Crippen LogP contribution is -2.08. The minimum atomic E-state index is -0.131. The maximum absolute atomic E-state index is 11.1. The molecule has 3 heteroatoms. The van der Waals surface area contributed by atoms with Gasteiger partial charge in [0.2, 0.25) is 0 Å². The van der Waals surface area contributed by atoms with Crippen LogP contribution in [-0.2, 0) is 14.3 Å². The van der Waals surface area contributed by atoms with Crippen LogP contribution < -0.4 is 0 Å². The monoisotopic (exact) mass is 186 g/mol. The van der Waals surface area contributed by atoms with E-state index in [1.165, 1.54) is 7.11 Å². The summed E-state index contributed by atoms with van der Waals surface area (Å²) in [5, 5.41) is 0. The molecule has 0 aromatic heterocycles. The lowest BCUT2D eigenvalue weighted by atomic mass is 10.3. The molecule has 0 aromatic carbocycles. The number of carbonyl (C=O) groups excluding carboxylic acids is 1. The summed E-state index contributed by atoms with van der Waals surface area (Å²) in [4.78, 5) is 11.1. The second kappa shape index (κ2) is 4.61. The fourth-order valence-electron chi connectivity index (χ4n) is 1.53. The molecule has 1 saturated carbocycles. The van der Waals surface area contributed by atoms with E-state index >= 15 is 0 Å². The highest BCUT2D eigenvalue weighted by molar-refractivity contribution is 5.76. The first-order valence-electron chi connectivity index (χ1n) is 4.91. The van der Waals surface area contributed by atoms with E-state index in [-0.39, 0.29) is 18.0 Å². The first kappa shape index (κ1) is 10.5. The van der Waals surface area contributed by atoms with E-state index < -0.39 is 0 Å². The van der Waals surface area contributed by atoms with E-state index in [0.717, 1.165) is 19.4 Å². The summed E-state index contributed by atoms with van der Waals surface area (Å²) in [6.07, 6.45) is 2.31. The van der Waals surface area contributed by atoms with Crippen LogP contribution in [0.5, 0.6) is 0 Å². The van der Waals surface area contributed by atoms with Crippen LogP contribution in [0, 0.1) is 11.8 Å². The summed E-state index contributed by atoms with van der Waals surface area (Å²) in [5.41, 5.74) is 0. The van der Waals surface area contributed by atoms with Crippen LogP contribution in [0.3, 0.4) is 0 Å². The van der Waals surface area contributed by atoms with Gasteiger partial charge >= 0.3 is 5.97 Å². The van der Waals surface area contributed by atoms with Crippen molar-refractivity contribution in [2.75, 3.05) is 13.7 Å². The summed E-state index contributed by atoms with van der Waals surface area (Å²) in [5.74, 6) is 0.195. The van der Waals surface area contributed by atoms with Crippen molar-refractivity contribution in [1.82, 2.24) is 0 Å². The van der Waals surface area contributed by atoms with Crippen LogP contribution in [0.25, 0.3) is 0 Å². The van der Waals surface area contributed by atoms with Crippen molar-refractivity contribution in [2.45, 2.75) is 32.8 Å². The Hall–Kier alpha value is -0.570. The van der Waals surface area contributed by atoms with Crippen LogP contribution >= 0.6 is 0 Å². The number of unbranched alkanes of at least 4 members (excludes halogenated alkanes) is 1. The topological polar surface area (TPSA) is 35.5 Å². The van der Waals surface area contributed by atoms with Crippen LogP contribution in [-0.4, -0.2) is 25.8 Å². The maximum atomic E-state index is 11.1. The standard InChI is InChI=1S/C10H18O3/c1-4-5-6-13-9-7(2)8(9)10(11)12-3/h7-9H,4-6H2,1-3H3/t7-,8?,9-/m0/s1. The average Bonchev–Trinajstić information content (AvgIpc) is 2.76. The van der Waals surface area contributed by atoms with Gasteiger partial charge in [-0.15, -0.1) is 0 Å². The maximum Gasteiger partial charge on any atom is 0.311 e. The molecule has 0 spiro atoms. The molecule has 0 N–H and O–H groups in total. The molecule has 0 aliphatic heterocycles. The number of methoxy groups -OCH3 is 1. The average molecular weight is 186 g/mol. The molecule has 1 rings (SSSR count). The summed E-state index contributed by atoms with van der Waals surface area (Å²) in [6.45, 7) is 4.91. The Morgan fingerprint density at radius 1 is 1.46 bits per heavy atom. The van der Waals surface area contributed by atoms with Crippen molar-refractivity contribution >= 4 is 5.97 Å². The van der Waals surface area contributed by atoms with Gasteiger partial charge in [0.1, 0.15) is 0 Å². The zero-order chi connectivity index (χ0) is 9.84. The van der Waals surface area contributed by atoms with E-state index in [0.29, 0.717) is 5.92 Å². The fourth-order valence-corrected chi connectivity index (χ4v) is 1.53. The summed E-state index contributed by atoms with van der Waals surface area (Å²) < 4.78 is 10.2. The minimum absolute atomic E-state index is 0.0122. The van der Waals surface area contributed by atoms with Crippen molar-refractivity contribution < 1.29 is 14.3 Å². The summed E-state index contributed by atoms with van der Waals surface area (Å²) >= 11 is 0. The fraction of sp³-hybridized carbons (Fsp3) is 0.900. The van der Waals surface area contributed by atoms with Gasteiger partial charge in [-0.05, 0) is 12.3 Å². The van der Waals surface area contributed by atoms with Gasteiger partial charge in [-0.2, -0.15) is 0 Å². The van der Waals surface area contributed by atoms with E-state index in [9.17, 15) is 4.79 Å². The molecule has 0 saturated heterocycles. The normalized spacial score (nSPS) is 31.5. The van der Waals surface area contributed by atoms with Crippen molar-refractivity contribution in [2.24, 2.45) is 11.8 Å². The van der Waals surface area contributed by atoms with Gasteiger partial charge in [-0.1, -0.05) is 20.3 Å². The quantitative estimate of drug-likeness (QED) is 0.483. The van der Waals surface area contributed by atoms with E-state index in [4.69, 9.17) is 4.74 Å². The largest absolute Gasteiger partial charge is 0.469 e. The van der Waals surface area contributed by atoms with Gasteiger partial charge in [0.05, 0.1) is 19.1 Å². The van der Waals surface area contributed by atoms with Gasteiger partial charge in [-0.25, -0.2) is 0 Å². The van der Waals surface area contributed by atoms with Crippen LogP contribution in [0.1, 0.15) is 26.7 Å². The van der Waals surface area contributed by atoms with Gasteiger partial charge < -0.3 is 9.47 Å². The summed E-state index contributed by atoms with van der Waals surface area (Å²) in [6, 6.07) is 0. The molecule has 0 radical (unpaired) electrons. The lowest BCUT2D eigenvalue weighted by Gasteiger charge is -2.00. The zero-order valence-electron chi connectivity index (χ0n) is 8.58. The molecule has 3 atom stereocenters. The summed E-state index contributed by atoms with van der Waals surface area (Å²) in [7, 11) is 1.43. The number of hydrogen-bond acceptors (Lipinski definition) is 3. The molecular formula is C10H18O3. The number of carbonyl (C=O) groups is 1. The SMILES string of the molecule is CCCCO[C@@H]1C(C(=O)OC)[C@@H]1C. The third kappa shape index (κ3) is 2.44. The highest BCUT2D eigenvalue weighted by Gasteiger charge is 2.53. The molecular weight excluding hydrogens is 168 g/mol. The molecule has 1 unspecified atom stereocenters. The molecule has 0 amide bonds. The highest BCUT2D eigenvalue weighted by Crippen LogP contribution is 2.42. The number of ether oxygens (including phenoxy) is 2. The van der Waals surface area contributed by atoms with E-state index in [2.05, 4.69) is 11.7 Å². The third-order valence-electron chi connectivity index (χ3n) is 2.58. The molecule has 13 heavy (non-hydrogen) atoms. The van der Waals surface area contributed by atoms with Crippen LogP contribution in [0.2, 0.25) is 0 Å². The Kier molecular flexibility index (Phi) is 3.72. The Morgan fingerprint density at radius 3 is 2.69 bits per heavy atom. The molecule has 1 aliphatic carbocycles. The molecule has 3 nitrogen and oxygen atoms in total. The molecule has 0 heterocycles. The Bertz CT molecular complexity index is 179. The predicted octanol–water partition coefficient (Wildman–Crippen LogP) is 1.61. The Balaban J connectivity index is 2.20.